The normalized spacial score (nSPS) is 15.1. The average molecular weight is 1460 g/mol. The van der Waals surface area contributed by atoms with Gasteiger partial charge in [0.15, 0.2) is 0 Å². The highest BCUT2D eigenvalue weighted by Gasteiger charge is 2.38. The summed E-state index contributed by atoms with van der Waals surface area (Å²) in [7, 11) is 0. The van der Waals surface area contributed by atoms with E-state index in [0.717, 1.165) is 0 Å². The lowest BCUT2D eigenvalue weighted by atomic mass is 9.98. The summed E-state index contributed by atoms with van der Waals surface area (Å²) in [5.41, 5.74) is 13.1. The first-order chi connectivity index (χ1) is 48.9. The maximum absolute atomic E-state index is 14.6. The third-order valence-corrected chi connectivity index (χ3v) is 16.5. The van der Waals surface area contributed by atoms with Crippen LogP contribution in [0.2, 0.25) is 0 Å². The van der Waals surface area contributed by atoms with Crippen molar-refractivity contribution in [2.75, 3.05) is 19.8 Å². The highest BCUT2D eigenvalue weighted by molar-refractivity contribution is 6.00. The van der Waals surface area contributed by atoms with E-state index in [9.17, 15) is 92.3 Å². The average Bonchev–Trinajstić information content (AvgIpc) is 1.61. The minimum atomic E-state index is -1.88. The zero-order valence-corrected chi connectivity index (χ0v) is 60.3. The summed E-state index contributed by atoms with van der Waals surface area (Å²) in [5.74, 6) is -17.8. The van der Waals surface area contributed by atoms with Crippen LogP contribution in [-0.4, -0.2) is 218 Å². The van der Waals surface area contributed by atoms with E-state index in [1.165, 1.54) is 27.7 Å². The van der Waals surface area contributed by atoms with Crippen LogP contribution in [0.15, 0.2) is 60.8 Å². The van der Waals surface area contributed by atoms with Crippen LogP contribution < -0.4 is 75.3 Å². The van der Waals surface area contributed by atoms with E-state index < -0.39 is 212 Å². The Hall–Kier alpha value is -10.1. The quantitative estimate of drug-likeness (QED) is 0.0252. The van der Waals surface area contributed by atoms with Gasteiger partial charge >= 0.3 is 17.9 Å². The zero-order valence-electron chi connectivity index (χ0n) is 60.3. The number of aliphatic hydroxyl groups is 2. The maximum Gasteiger partial charge on any atom is 0.326 e. The van der Waals surface area contributed by atoms with Crippen molar-refractivity contribution in [3.8, 4) is 0 Å². The Morgan fingerprint density at radius 3 is 1.32 bits per heavy atom. The fraction of sp³-hybridized carbons (Fsp3) is 0.580. The zero-order chi connectivity index (χ0) is 78.2. The summed E-state index contributed by atoms with van der Waals surface area (Å²) in [6.45, 7) is 13.7. The molecule has 35 nitrogen and oxygen atoms in total. The number of rotatable bonds is 46. The second kappa shape index (κ2) is 43.7. The van der Waals surface area contributed by atoms with Crippen molar-refractivity contribution in [2.45, 2.75) is 212 Å². The number of aromatic amines is 1. The van der Waals surface area contributed by atoms with Crippen LogP contribution in [0.4, 0.5) is 0 Å². The molecule has 3 aromatic rings. The van der Waals surface area contributed by atoms with E-state index >= 15 is 0 Å². The van der Waals surface area contributed by atoms with Gasteiger partial charge < -0.3 is 106 Å². The summed E-state index contributed by atoms with van der Waals surface area (Å²) >= 11 is 0. The van der Waals surface area contributed by atoms with Gasteiger partial charge in [-0.2, -0.15) is 0 Å². The van der Waals surface area contributed by atoms with Gasteiger partial charge in [-0.3, -0.25) is 67.1 Å². The molecule has 22 N–H and O–H groups in total. The molecular formula is C69H105N15O20. The number of carboxylic acid groups (broad SMARTS) is 3. The first-order valence-corrected chi connectivity index (χ1v) is 34.5. The molecule has 0 unspecified atom stereocenters. The van der Waals surface area contributed by atoms with Crippen molar-refractivity contribution >= 4 is 99.7 Å². The van der Waals surface area contributed by atoms with Gasteiger partial charge in [-0.15, -0.1) is 0 Å². The van der Waals surface area contributed by atoms with Crippen LogP contribution >= 0.6 is 0 Å². The Kier molecular flexibility index (Phi) is 37.0. The highest BCUT2D eigenvalue weighted by Crippen LogP contribution is 2.21. The number of fused-ring (bicyclic) bond motifs is 1. The lowest BCUT2D eigenvalue weighted by Crippen LogP contribution is -2.62. The summed E-state index contributed by atoms with van der Waals surface area (Å²) in [4.78, 5) is 205. The van der Waals surface area contributed by atoms with Crippen LogP contribution in [0, 0.1) is 23.7 Å². The van der Waals surface area contributed by atoms with Gasteiger partial charge in [0.25, 0.3) is 0 Å². The van der Waals surface area contributed by atoms with Gasteiger partial charge in [0.05, 0.1) is 25.7 Å². The molecule has 0 spiro atoms. The first kappa shape index (κ1) is 88.1. The molecule has 0 aliphatic heterocycles. The van der Waals surface area contributed by atoms with E-state index in [4.69, 9.17) is 16.6 Å². The fourth-order valence-electron chi connectivity index (χ4n) is 10.7. The first-order valence-electron chi connectivity index (χ1n) is 34.5. The van der Waals surface area contributed by atoms with E-state index in [0.29, 0.717) is 34.9 Å². The van der Waals surface area contributed by atoms with Gasteiger partial charge in [0.2, 0.25) is 70.9 Å². The number of carbonyl (C=O) groups is 15. The van der Waals surface area contributed by atoms with Crippen molar-refractivity contribution < 1.29 is 97.5 Å². The minimum Gasteiger partial charge on any atom is -0.481 e. The monoisotopic (exact) mass is 1460 g/mol. The topological polar surface area (TPSA) is 569 Å². The number of H-pyrrole nitrogens is 1. The van der Waals surface area contributed by atoms with Crippen molar-refractivity contribution in [1.29, 1.82) is 0 Å². The number of unbranched alkanes of at least 4 members (excludes halogenated alkanes) is 1. The predicted octanol–water partition coefficient (Wildman–Crippen LogP) is -2.92. The summed E-state index contributed by atoms with van der Waals surface area (Å²) < 4.78 is 0. The summed E-state index contributed by atoms with van der Waals surface area (Å²) in [6.07, 6.45) is -0.109. The van der Waals surface area contributed by atoms with Gasteiger partial charge in [0.1, 0.15) is 72.5 Å². The molecule has 0 saturated carbocycles. The largest absolute Gasteiger partial charge is 0.481 e. The number of aromatic nitrogens is 1. The molecule has 0 aliphatic carbocycles. The molecule has 0 aliphatic rings. The van der Waals surface area contributed by atoms with Crippen molar-refractivity contribution in [2.24, 2.45) is 35.1 Å². The summed E-state index contributed by atoms with van der Waals surface area (Å²) in [6, 6.07) is -4.21. The Balaban J connectivity index is 1.86. The number of hydrogen-bond donors (Lipinski definition) is 20. The number of amides is 12. The Morgan fingerprint density at radius 2 is 0.827 bits per heavy atom. The Morgan fingerprint density at radius 1 is 0.413 bits per heavy atom. The highest BCUT2D eigenvalue weighted by atomic mass is 16.4. The molecule has 0 radical (unpaired) electrons. The maximum atomic E-state index is 14.6. The lowest BCUT2D eigenvalue weighted by molar-refractivity contribution is -0.144. The van der Waals surface area contributed by atoms with Crippen LogP contribution in [-0.2, 0) is 84.8 Å². The summed E-state index contributed by atoms with van der Waals surface area (Å²) in [5, 5.41) is 79.6. The smallest absolute Gasteiger partial charge is 0.326 e. The molecule has 13 atom stereocenters. The molecule has 2 aromatic carbocycles. The number of carbonyl (C=O) groups excluding carboxylic acids is 12. The van der Waals surface area contributed by atoms with E-state index in [1.807, 2.05) is 0 Å². The molecule has 0 saturated heterocycles. The van der Waals surface area contributed by atoms with E-state index in [1.54, 1.807) is 102 Å². The number of para-hydroxylation sites is 1. The molecule has 0 fully saturated rings. The third kappa shape index (κ3) is 29.7. The molecule has 35 heteroatoms. The molecule has 1 heterocycles. The number of aliphatic hydroxyl groups excluding tert-OH is 2. The lowest BCUT2D eigenvalue weighted by Gasteiger charge is -2.29. The van der Waals surface area contributed by atoms with Crippen LogP contribution in [0.3, 0.4) is 0 Å². The van der Waals surface area contributed by atoms with Crippen molar-refractivity contribution in [3.05, 3.63) is 71.9 Å². The fourth-order valence-corrected chi connectivity index (χ4v) is 10.7. The Labute approximate surface area is 602 Å². The van der Waals surface area contributed by atoms with Crippen molar-refractivity contribution in [3.63, 3.8) is 0 Å². The Bertz CT molecular complexity index is 3440. The number of carboxylic acids is 3. The van der Waals surface area contributed by atoms with Gasteiger partial charge in [0, 0.05) is 36.4 Å². The second-order valence-electron chi connectivity index (χ2n) is 27.1. The second-order valence-corrected chi connectivity index (χ2v) is 27.1. The van der Waals surface area contributed by atoms with E-state index in [-0.39, 0.29) is 50.5 Å². The molecule has 12 amide bonds. The number of hydrogen-bond acceptors (Lipinski definition) is 19. The molecule has 0 bridgehead atoms. The predicted molar refractivity (Wildman–Crippen MR) is 377 cm³/mol. The minimum absolute atomic E-state index is 0.0162. The van der Waals surface area contributed by atoms with Crippen LogP contribution in [0.5, 0.6) is 0 Å². The number of aliphatic carboxylic acids is 3. The number of nitrogens with one attached hydrogen (secondary N) is 13. The standard InChI is InChI=1S/C69H105N15O20/c1-34(2)26-46(60(94)79-48(28-40-18-12-11-13-19-40)61(95)74-44(22-16-17-25-70)59(93)78-47(27-35(3)4)63(97)83-55(36(5)6)67(101)75-45(69(103)104)23-24-53(87)88)77-58(92)39(10)73-65(99)51(32-85)82-66(100)52(33-86)81-62(96)49(29-41-31-72-43-21-15-14-20-42(41)43)80-68(102)56(37(7)8)84-64(98)50(30-54(89)90)76-57(91)38(9)71/h11-15,18-21,31,34-39,44-52,55-56,72,85-86H,16-17,22-30,32-33,70-71H2,1-10H3,(H,73,99)(H,74,95)(H,75,101)(H,76,91)(H,77,92)(H,78,93)(H,79,94)(H,80,102)(H,81,96)(H,82,100)(H,83,97)(H,84,98)(H,87,88)(H,89,90)(H,103,104)/t38-,39-,44-,45-,46-,47-,48-,49-,50-,51-,52-,55-,56-/m0/s1. The van der Waals surface area contributed by atoms with Crippen LogP contribution in [0.1, 0.15) is 132 Å². The van der Waals surface area contributed by atoms with Gasteiger partial charge in [-0.1, -0.05) is 104 Å². The molecule has 3 rings (SSSR count). The van der Waals surface area contributed by atoms with Gasteiger partial charge in [-0.05, 0) is 99.8 Å². The van der Waals surface area contributed by atoms with Crippen molar-refractivity contribution in [1.82, 2.24) is 68.8 Å². The van der Waals surface area contributed by atoms with E-state index in [2.05, 4.69) is 68.8 Å². The number of nitrogens with two attached hydrogens (primary N) is 2. The molecule has 104 heavy (non-hydrogen) atoms. The van der Waals surface area contributed by atoms with Crippen LogP contribution in [0.25, 0.3) is 10.9 Å². The SMILES string of the molecule is CC(C)C[C@H](NC(=O)[C@H](C)NC(=O)[C@H](CO)NC(=O)[C@H](CO)NC(=O)[C@H](Cc1c[nH]c2ccccc12)NC(=O)[C@@H](NC(=O)[C@H](CC(=O)O)NC(=O)[C@H](C)N)C(C)C)C(=O)N[C@@H](Cc1ccccc1)C(=O)N[C@@H](CCCCN)C(=O)N[C@@H](CC(C)C)C(=O)N[C@H](C(=O)N[C@@H](CCC(=O)O)C(=O)O)C(C)C. The molecular weight excluding hydrogens is 1360 g/mol. The third-order valence-electron chi connectivity index (χ3n) is 16.5. The molecule has 1 aromatic heterocycles. The number of benzene rings is 2. The molecule has 576 valence electrons. The van der Waals surface area contributed by atoms with Gasteiger partial charge in [-0.25, -0.2) is 4.79 Å².